The van der Waals surface area contributed by atoms with Crippen LogP contribution in [0.15, 0.2) is 0 Å². The first-order valence-electron chi connectivity index (χ1n) is 7.38. The van der Waals surface area contributed by atoms with Crippen LogP contribution >= 0.6 is 0 Å². The van der Waals surface area contributed by atoms with Gasteiger partial charge in [-0.25, -0.2) is 4.79 Å². The smallest absolute Gasteiger partial charge is 0.317 e. The molecule has 0 bridgehead atoms. The Morgan fingerprint density at radius 1 is 1.33 bits per heavy atom. The van der Waals surface area contributed by atoms with Crippen LogP contribution in [-0.2, 0) is 9.53 Å². The van der Waals surface area contributed by atoms with E-state index in [2.05, 4.69) is 5.32 Å². The maximum absolute atomic E-state index is 12.3. The lowest BCUT2D eigenvalue weighted by Gasteiger charge is -2.31. The van der Waals surface area contributed by atoms with Gasteiger partial charge in [0.1, 0.15) is 0 Å². The fourth-order valence-electron chi connectivity index (χ4n) is 2.37. The summed E-state index contributed by atoms with van der Waals surface area (Å²) < 4.78 is 5.07. The van der Waals surface area contributed by atoms with Gasteiger partial charge in [-0.2, -0.15) is 0 Å². The number of urea groups is 1. The summed E-state index contributed by atoms with van der Waals surface area (Å²) in [5, 5.41) is 11.8. The highest BCUT2D eigenvalue weighted by atomic mass is 16.5. The van der Waals surface area contributed by atoms with Crippen LogP contribution in [0.4, 0.5) is 4.79 Å². The first-order chi connectivity index (χ1) is 9.60. The number of nitrogens with zero attached hydrogens (tertiary/aromatic N) is 1. The molecule has 0 fully saturated rings. The lowest BCUT2D eigenvalue weighted by molar-refractivity contribution is -0.137. The number of rotatable bonds is 8. The Morgan fingerprint density at radius 2 is 1.90 bits per heavy atom. The molecule has 0 spiro atoms. The van der Waals surface area contributed by atoms with Crippen LogP contribution in [-0.4, -0.2) is 54.4 Å². The van der Waals surface area contributed by atoms with E-state index in [1.165, 1.54) is 0 Å². The van der Waals surface area contributed by atoms with E-state index in [-0.39, 0.29) is 30.0 Å². The number of carboxylic acid groups (broad SMARTS) is 1. The number of nitrogens with one attached hydrogen (secondary N) is 1. The van der Waals surface area contributed by atoms with Gasteiger partial charge in [-0.15, -0.1) is 0 Å². The molecule has 0 aliphatic carbocycles. The normalized spacial score (nSPS) is 14.4. The van der Waals surface area contributed by atoms with Gasteiger partial charge in [0.2, 0.25) is 0 Å². The highest BCUT2D eigenvalue weighted by Gasteiger charge is 2.26. The predicted molar refractivity (Wildman–Crippen MR) is 82.4 cm³/mol. The number of likely N-dealkylation sites (N-methyl/N-ethyl adjacent to an activating group) is 1. The quantitative estimate of drug-likeness (QED) is 0.721. The van der Waals surface area contributed by atoms with Gasteiger partial charge in [0.05, 0.1) is 19.1 Å². The Kier molecular flexibility index (Phi) is 8.32. The van der Waals surface area contributed by atoms with Crippen molar-refractivity contribution in [3.05, 3.63) is 0 Å². The first kappa shape index (κ1) is 19.7. The standard InChI is InChI=1S/C15H30N2O4/c1-7-17(11(2)10-21-6)14(20)16-12(8-13(18)19)9-15(3,4)5/h11-12H,7-10H2,1-6H3,(H,16,20)(H,18,19). The van der Waals surface area contributed by atoms with E-state index < -0.39 is 5.97 Å². The third-order valence-electron chi connectivity index (χ3n) is 3.15. The van der Waals surface area contributed by atoms with E-state index in [0.717, 1.165) is 0 Å². The molecule has 0 radical (unpaired) electrons. The zero-order valence-corrected chi connectivity index (χ0v) is 14.1. The van der Waals surface area contributed by atoms with Crippen LogP contribution in [0, 0.1) is 5.41 Å². The average Bonchev–Trinajstić information content (AvgIpc) is 2.26. The van der Waals surface area contributed by atoms with Crippen molar-refractivity contribution < 1.29 is 19.4 Å². The number of aliphatic carboxylic acids is 1. The average molecular weight is 302 g/mol. The van der Waals surface area contributed by atoms with E-state index in [0.29, 0.717) is 19.6 Å². The van der Waals surface area contributed by atoms with Crippen LogP contribution in [0.25, 0.3) is 0 Å². The van der Waals surface area contributed by atoms with Crippen molar-refractivity contribution in [2.24, 2.45) is 5.41 Å². The lowest BCUT2D eigenvalue weighted by Crippen LogP contribution is -2.50. The Balaban J connectivity index is 4.80. The number of carbonyl (C=O) groups is 2. The first-order valence-corrected chi connectivity index (χ1v) is 7.38. The van der Waals surface area contributed by atoms with Crippen LogP contribution in [0.5, 0.6) is 0 Å². The van der Waals surface area contributed by atoms with Gasteiger partial charge < -0.3 is 20.1 Å². The molecule has 2 unspecified atom stereocenters. The summed E-state index contributed by atoms with van der Waals surface area (Å²) in [5.41, 5.74) is -0.0530. The van der Waals surface area contributed by atoms with Gasteiger partial charge in [0.15, 0.2) is 0 Å². The second-order valence-corrected chi connectivity index (χ2v) is 6.60. The lowest BCUT2D eigenvalue weighted by atomic mass is 9.87. The Bertz CT molecular complexity index is 339. The second-order valence-electron chi connectivity index (χ2n) is 6.60. The van der Waals surface area contributed by atoms with E-state index in [9.17, 15) is 9.59 Å². The maximum atomic E-state index is 12.3. The molecule has 2 N–H and O–H groups in total. The van der Waals surface area contributed by atoms with E-state index in [1.54, 1.807) is 12.0 Å². The van der Waals surface area contributed by atoms with E-state index in [1.807, 2.05) is 34.6 Å². The van der Waals surface area contributed by atoms with Gasteiger partial charge >= 0.3 is 12.0 Å². The fraction of sp³-hybridized carbons (Fsp3) is 0.867. The summed E-state index contributed by atoms with van der Waals surface area (Å²) in [4.78, 5) is 25.0. The SMILES string of the molecule is CCN(C(=O)NC(CC(=O)O)CC(C)(C)C)C(C)COC. The maximum Gasteiger partial charge on any atom is 0.317 e. The molecule has 0 rings (SSSR count). The number of carbonyl (C=O) groups excluding carboxylic acids is 1. The van der Waals surface area contributed by atoms with Gasteiger partial charge in [0, 0.05) is 19.7 Å². The van der Waals surface area contributed by atoms with Crippen LogP contribution in [0.3, 0.4) is 0 Å². The van der Waals surface area contributed by atoms with Crippen molar-refractivity contribution in [3.8, 4) is 0 Å². The highest BCUT2D eigenvalue weighted by molar-refractivity contribution is 5.76. The molecule has 0 aromatic heterocycles. The molecule has 0 aromatic carbocycles. The zero-order chi connectivity index (χ0) is 16.6. The minimum absolute atomic E-state index is 0.0530. The molecule has 2 amide bonds. The Morgan fingerprint density at radius 3 is 2.29 bits per heavy atom. The summed E-state index contributed by atoms with van der Waals surface area (Å²) in [6.07, 6.45) is 0.542. The number of amides is 2. The number of methoxy groups -OCH3 is 1. The summed E-state index contributed by atoms with van der Waals surface area (Å²) in [5.74, 6) is -0.905. The minimum atomic E-state index is -0.905. The monoisotopic (exact) mass is 302 g/mol. The molecule has 0 saturated heterocycles. The molecular weight excluding hydrogens is 272 g/mol. The van der Waals surface area contributed by atoms with Crippen molar-refractivity contribution in [1.29, 1.82) is 0 Å². The molecule has 0 aromatic rings. The molecule has 0 aliphatic rings. The second kappa shape index (κ2) is 8.87. The highest BCUT2D eigenvalue weighted by Crippen LogP contribution is 2.22. The molecule has 2 atom stereocenters. The largest absolute Gasteiger partial charge is 0.481 e. The van der Waals surface area contributed by atoms with E-state index in [4.69, 9.17) is 9.84 Å². The van der Waals surface area contributed by atoms with Crippen LogP contribution in [0.1, 0.15) is 47.5 Å². The van der Waals surface area contributed by atoms with Crippen LogP contribution < -0.4 is 5.32 Å². The van der Waals surface area contributed by atoms with Crippen molar-refractivity contribution >= 4 is 12.0 Å². The van der Waals surface area contributed by atoms with Crippen molar-refractivity contribution in [2.75, 3.05) is 20.3 Å². The fourth-order valence-corrected chi connectivity index (χ4v) is 2.37. The van der Waals surface area contributed by atoms with Crippen molar-refractivity contribution in [2.45, 2.75) is 59.5 Å². The zero-order valence-electron chi connectivity index (χ0n) is 14.1. The van der Waals surface area contributed by atoms with E-state index >= 15 is 0 Å². The Labute approximate surface area is 127 Å². The van der Waals surface area contributed by atoms with Crippen LogP contribution in [0.2, 0.25) is 0 Å². The Hall–Kier alpha value is -1.30. The predicted octanol–water partition coefficient (Wildman–Crippen LogP) is 2.33. The topological polar surface area (TPSA) is 78.9 Å². The number of hydrogen-bond donors (Lipinski definition) is 2. The van der Waals surface area contributed by atoms with Gasteiger partial charge in [-0.05, 0) is 25.7 Å². The molecule has 6 nitrogen and oxygen atoms in total. The minimum Gasteiger partial charge on any atom is -0.481 e. The number of ether oxygens (including phenoxy) is 1. The molecule has 6 heteroatoms. The summed E-state index contributed by atoms with van der Waals surface area (Å²) in [6.45, 7) is 10.9. The molecule has 21 heavy (non-hydrogen) atoms. The summed E-state index contributed by atoms with van der Waals surface area (Å²) in [7, 11) is 1.59. The van der Waals surface area contributed by atoms with Gasteiger partial charge in [0.25, 0.3) is 0 Å². The van der Waals surface area contributed by atoms with Gasteiger partial charge in [-0.1, -0.05) is 20.8 Å². The van der Waals surface area contributed by atoms with Gasteiger partial charge in [-0.3, -0.25) is 4.79 Å². The summed E-state index contributed by atoms with van der Waals surface area (Å²) in [6, 6.07) is -0.670. The molecular formula is C15H30N2O4. The summed E-state index contributed by atoms with van der Waals surface area (Å²) >= 11 is 0. The molecule has 0 heterocycles. The molecule has 0 saturated carbocycles. The van der Waals surface area contributed by atoms with Crippen molar-refractivity contribution in [1.82, 2.24) is 10.2 Å². The molecule has 0 aliphatic heterocycles. The molecule has 124 valence electrons. The van der Waals surface area contributed by atoms with Crippen molar-refractivity contribution in [3.63, 3.8) is 0 Å². The third-order valence-corrected chi connectivity index (χ3v) is 3.15. The number of hydrogen-bond acceptors (Lipinski definition) is 3. The number of carboxylic acids is 1. The third kappa shape index (κ3) is 8.55.